The zero-order valence-electron chi connectivity index (χ0n) is 10.6. The number of nitrogens with one attached hydrogen (secondary N) is 1. The average molecular weight is 268 g/mol. The van der Waals surface area contributed by atoms with Gasteiger partial charge in [0.1, 0.15) is 5.01 Å². The highest BCUT2D eigenvalue weighted by Gasteiger charge is 2.29. The summed E-state index contributed by atoms with van der Waals surface area (Å²) in [5, 5.41) is 4.93. The zero-order valence-corrected chi connectivity index (χ0v) is 12.2. The Labute approximate surface area is 112 Å². The van der Waals surface area contributed by atoms with Crippen LogP contribution in [0.15, 0.2) is 0 Å². The van der Waals surface area contributed by atoms with Crippen molar-refractivity contribution in [2.24, 2.45) is 5.41 Å². The summed E-state index contributed by atoms with van der Waals surface area (Å²) in [5.74, 6) is 2.43. The summed E-state index contributed by atoms with van der Waals surface area (Å²) in [6.07, 6.45) is 3.69. The summed E-state index contributed by atoms with van der Waals surface area (Å²) < 4.78 is 0. The SMILES string of the molecule is CC1(C)CCc2nc(C3CSCCN3)sc2C1. The fraction of sp³-hybridized carbons (Fsp3) is 0.769. The Bertz CT molecular complexity index is 406. The molecule has 3 rings (SSSR count). The highest BCUT2D eigenvalue weighted by molar-refractivity contribution is 7.99. The van der Waals surface area contributed by atoms with Gasteiger partial charge >= 0.3 is 0 Å². The van der Waals surface area contributed by atoms with E-state index in [1.54, 1.807) is 4.88 Å². The van der Waals surface area contributed by atoms with Crippen molar-refractivity contribution in [3.05, 3.63) is 15.6 Å². The highest BCUT2D eigenvalue weighted by atomic mass is 32.2. The van der Waals surface area contributed by atoms with Crippen LogP contribution in [0.1, 0.15) is 41.9 Å². The first-order chi connectivity index (χ1) is 8.14. The van der Waals surface area contributed by atoms with Gasteiger partial charge in [0.05, 0.1) is 11.7 Å². The number of nitrogens with zero attached hydrogens (tertiary/aromatic N) is 1. The molecule has 0 radical (unpaired) electrons. The van der Waals surface area contributed by atoms with E-state index in [9.17, 15) is 0 Å². The van der Waals surface area contributed by atoms with Crippen LogP contribution in [0.5, 0.6) is 0 Å². The van der Waals surface area contributed by atoms with Crippen LogP contribution >= 0.6 is 23.1 Å². The summed E-state index contributed by atoms with van der Waals surface area (Å²) in [5.41, 5.74) is 1.87. The van der Waals surface area contributed by atoms with Gasteiger partial charge in [0.15, 0.2) is 0 Å². The lowest BCUT2D eigenvalue weighted by Gasteiger charge is -2.28. The van der Waals surface area contributed by atoms with Crippen LogP contribution in [0.4, 0.5) is 0 Å². The first-order valence-electron chi connectivity index (χ1n) is 6.44. The third kappa shape index (κ3) is 2.54. The van der Waals surface area contributed by atoms with Gasteiger partial charge in [-0.1, -0.05) is 13.8 Å². The summed E-state index contributed by atoms with van der Waals surface area (Å²) >= 11 is 4.00. The van der Waals surface area contributed by atoms with Crippen molar-refractivity contribution in [1.82, 2.24) is 10.3 Å². The van der Waals surface area contributed by atoms with Crippen molar-refractivity contribution in [1.29, 1.82) is 0 Å². The van der Waals surface area contributed by atoms with Gasteiger partial charge in [0.25, 0.3) is 0 Å². The van der Waals surface area contributed by atoms with Crippen molar-refractivity contribution in [3.63, 3.8) is 0 Å². The smallest absolute Gasteiger partial charge is 0.111 e. The molecule has 1 fully saturated rings. The first kappa shape index (κ1) is 12.0. The van der Waals surface area contributed by atoms with E-state index in [4.69, 9.17) is 4.98 Å². The number of thiazole rings is 1. The average Bonchev–Trinajstić information content (AvgIpc) is 2.71. The van der Waals surface area contributed by atoms with Gasteiger partial charge < -0.3 is 5.32 Å². The maximum absolute atomic E-state index is 4.88. The van der Waals surface area contributed by atoms with Crippen molar-refractivity contribution in [2.45, 2.75) is 39.2 Å². The fourth-order valence-electron chi connectivity index (χ4n) is 2.59. The molecule has 1 N–H and O–H groups in total. The van der Waals surface area contributed by atoms with E-state index in [0.717, 1.165) is 6.54 Å². The predicted octanol–water partition coefficient (Wildman–Crippen LogP) is 3.04. The second-order valence-corrected chi connectivity index (χ2v) is 8.11. The molecule has 0 amide bonds. The Morgan fingerprint density at radius 2 is 2.29 bits per heavy atom. The third-order valence-electron chi connectivity index (χ3n) is 3.69. The Morgan fingerprint density at radius 3 is 3.06 bits per heavy atom. The third-order valence-corrected chi connectivity index (χ3v) is 5.97. The molecule has 1 atom stereocenters. The van der Waals surface area contributed by atoms with Crippen molar-refractivity contribution >= 4 is 23.1 Å². The van der Waals surface area contributed by atoms with Crippen LogP contribution in [-0.4, -0.2) is 23.0 Å². The lowest BCUT2D eigenvalue weighted by Crippen LogP contribution is -2.30. The predicted molar refractivity (Wildman–Crippen MR) is 76.0 cm³/mol. The van der Waals surface area contributed by atoms with Crippen LogP contribution in [0, 0.1) is 5.41 Å². The van der Waals surface area contributed by atoms with Gasteiger partial charge in [0.2, 0.25) is 0 Å². The van der Waals surface area contributed by atoms with Crippen LogP contribution in [0.2, 0.25) is 0 Å². The minimum absolute atomic E-state index is 0.478. The summed E-state index contributed by atoms with van der Waals surface area (Å²) in [6, 6.07) is 0.507. The lowest BCUT2D eigenvalue weighted by atomic mass is 9.79. The summed E-state index contributed by atoms with van der Waals surface area (Å²) in [7, 11) is 0. The molecule has 0 aromatic carbocycles. The van der Waals surface area contributed by atoms with E-state index in [0.29, 0.717) is 11.5 Å². The van der Waals surface area contributed by atoms with E-state index in [1.807, 2.05) is 23.1 Å². The molecule has 17 heavy (non-hydrogen) atoms. The topological polar surface area (TPSA) is 24.9 Å². The van der Waals surface area contributed by atoms with Gasteiger partial charge in [0, 0.05) is 22.9 Å². The lowest BCUT2D eigenvalue weighted by molar-refractivity contribution is 0.316. The Kier molecular flexibility index (Phi) is 3.22. The van der Waals surface area contributed by atoms with Crippen LogP contribution in [-0.2, 0) is 12.8 Å². The number of hydrogen-bond donors (Lipinski definition) is 1. The van der Waals surface area contributed by atoms with Gasteiger partial charge in [-0.25, -0.2) is 4.98 Å². The van der Waals surface area contributed by atoms with Crippen molar-refractivity contribution < 1.29 is 0 Å². The number of thioether (sulfide) groups is 1. The van der Waals surface area contributed by atoms with Gasteiger partial charge in [-0.05, 0) is 24.7 Å². The van der Waals surface area contributed by atoms with Gasteiger partial charge in [-0.2, -0.15) is 11.8 Å². The molecule has 94 valence electrons. The fourth-order valence-corrected chi connectivity index (χ4v) is 5.08. The van der Waals surface area contributed by atoms with Crippen LogP contribution < -0.4 is 5.32 Å². The van der Waals surface area contributed by atoms with E-state index in [-0.39, 0.29) is 0 Å². The molecular weight excluding hydrogens is 248 g/mol. The largest absolute Gasteiger partial charge is 0.306 e. The molecular formula is C13H20N2S2. The van der Waals surface area contributed by atoms with E-state index < -0.39 is 0 Å². The summed E-state index contributed by atoms with van der Waals surface area (Å²) in [6.45, 7) is 5.89. The molecule has 0 spiro atoms. The van der Waals surface area contributed by atoms with Crippen molar-refractivity contribution in [2.75, 3.05) is 18.1 Å². The first-order valence-corrected chi connectivity index (χ1v) is 8.41. The minimum atomic E-state index is 0.478. The standard InChI is InChI=1S/C13H20N2S2/c1-13(2)4-3-9-11(7-13)17-12(15-9)10-8-16-6-5-14-10/h10,14H,3-8H2,1-2H3. The second kappa shape index (κ2) is 4.56. The molecule has 1 aliphatic carbocycles. The number of rotatable bonds is 1. The molecule has 0 saturated carbocycles. The quantitative estimate of drug-likeness (QED) is 0.847. The van der Waals surface area contributed by atoms with Crippen LogP contribution in [0.3, 0.4) is 0 Å². The Hall–Kier alpha value is -0.0600. The second-order valence-electron chi connectivity index (χ2n) is 5.84. The molecule has 1 aliphatic heterocycles. The number of aromatic nitrogens is 1. The number of hydrogen-bond acceptors (Lipinski definition) is 4. The van der Waals surface area contributed by atoms with E-state index in [2.05, 4.69) is 19.2 Å². The monoisotopic (exact) mass is 268 g/mol. The van der Waals surface area contributed by atoms with Gasteiger partial charge in [-0.3, -0.25) is 0 Å². The molecule has 2 aliphatic rings. The molecule has 4 heteroatoms. The van der Waals surface area contributed by atoms with Crippen molar-refractivity contribution in [3.8, 4) is 0 Å². The molecule has 2 nitrogen and oxygen atoms in total. The van der Waals surface area contributed by atoms with Gasteiger partial charge in [-0.15, -0.1) is 11.3 Å². The zero-order chi connectivity index (χ0) is 11.9. The highest BCUT2D eigenvalue weighted by Crippen LogP contribution is 2.39. The van der Waals surface area contributed by atoms with Crippen LogP contribution in [0.25, 0.3) is 0 Å². The maximum atomic E-state index is 4.88. The minimum Gasteiger partial charge on any atom is -0.306 e. The molecule has 1 saturated heterocycles. The number of aryl methyl sites for hydroxylation is 1. The normalized spacial score (nSPS) is 27.8. The molecule has 2 heterocycles. The molecule has 1 aromatic heterocycles. The Balaban J connectivity index is 1.82. The van der Waals surface area contributed by atoms with E-state index >= 15 is 0 Å². The molecule has 0 bridgehead atoms. The summed E-state index contributed by atoms with van der Waals surface area (Å²) in [4.78, 5) is 6.43. The molecule has 1 aromatic rings. The Morgan fingerprint density at radius 1 is 1.41 bits per heavy atom. The number of fused-ring (bicyclic) bond motifs is 1. The molecule has 1 unspecified atom stereocenters. The van der Waals surface area contributed by atoms with E-state index in [1.165, 1.54) is 41.5 Å². The maximum Gasteiger partial charge on any atom is 0.111 e.